The Morgan fingerprint density at radius 1 is 1.26 bits per heavy atom. The number of hydrogen-bond donors (Lipinski definition) is 0. The van der Waals surface area contributed by atoms with Crippen LogP contribution in [0.5, 0.6) is 0 Å². The summed E-state index contributed by atoms with van der Waals surface area (Å²) >= 11 is 1.27. The molecular formula is C26H30FN3O4S. The van der Waals surface area contributed by atoms with Crippen LogP contribution in [0.1, 0.15) is 50.3 Å². The number of carbonyl (C=O) groups excluding carboxylic acids is 3. The fourth-order valence-corrected chi connectivity index (χ4v) is 5.41. The van der Waals surface area contributed by atoms with Crippen molar-refractivity contribution in [3.8, 4) is 0 Å². The Morgan fingerprint density at radius 3 is 2.71 bits per heavy atom. The highest BCUT2D eigenvalue weighted by Gasteiger charge is 2.41. The van der Waals surface area contributed by atoms with Gasteiger partial charge in [0.1, 0.15) is 12.4 Å². The van der Waals surface area contributed by atoms with Gasteiger partial charge in [0.25, 0.3) is 0 Å². The van der Waals surface area contributed by atoms with Crippen molar-refractivity contribution in [1.29, 1.82) is 0 Å². The van der Waals surface area contributed by atoms with Gasteiger partial charge in [0.2, 0.25) is 0 Å². The first-order valence-electron chi connectivity index (χ1n) is 11.9. The number of ketones is 1. The van der Waals surface area contributed by atoms with Gasteiger partial charge in [-0.3, -0.25) is 24.0 Å². The van der Waals surface area contributed by atoms with Crippen molar-refractivity contribution in [2.75, 3.05) is 19.7 Å². The van der Waals surface area contributed by atoms with Crippen molar-refractivity contribution in [3.05, 3.63) is 59.2 Å². The number of carbonyl (C=O) groups is 3. The third kappa shape index (κ3) is 6.46. The van der Waals surface area contributed by atoms with Gasteiger partial charge in [-0.15, -0.1) is 0 Å². The first-order valence-corrected chi connectivity index (χ1v) is 12.8. The van der Waals surface area contributed by atoms with Gasteiger partial charge >= 0.3 is 5.97 Å². The highest BCUT2D eigenvalue weighted by molar-refractivity contribution is 8.14. The Balaban J connectivity index is 1.61. The van der Waals surface area contributed by atoms with E-state index in [1.807, 2.05) is 11.0 Å². The smallest absolute Gasteiger partial charge is 0.327 e. The molecule has 4 rings (SSSR count). The van der Waals surface area contributed by atoms with Gasteiger partial charge in [-0.1, -0.05) is 36.0 Å². The molecule has 1 aromatic carbocycles. The topological polar surface area (TPSA) is 81.5 Å². The average molecular weight is 500 g/mol. The lowest BCUT2D eigenvalue weighted by atomic mass is 9.93. The molecule has 9 heteroatoms. The number of benzene rings is 1. The van der Waals surface area contributed by atoms with Crippen LogP contribution < -0.4 is 0 Å². The predicted octanol–water partition coefficient (Wildman–Crippen LogP) is 4.04. The number of piperidine rings is 1. The second kappa shape index (κ2) is 11.3. The molecule has 1 saturated heterocycles. The minimum atomic E-state index is -0.651. The van der Waals surface area contributed by atoms with E-state index in [0.717, 1.165) is 24.0 Å². The van der Waals surface area contributed by atoms with Crippen LogP contribution in [0, 0.1) is 11.7 Å². The SMILES string of the molecule is CCOC(=O)Cn1cc(/C=C2/CN(C(C(=O)C3CC3)c3ccccc3F)CCC2SC(C)=O)cn1. The largest absolute Gasteiger partial charge is 0.465 e. The van der Waals surface area contributed by atoms with E-state index in [4.69, 9.17) is 4.74 Å². The lowest BCUT2D eigenvalue weighted by molar-refractivity contribution is -0.144. The Hall–Kier alpha value is -2.78. The monoisotopic (exact) mass is 499 g/mol. The Labute approximate surface area is 208 Å². The molecule has 0 N–H and O–H groups in total. The second-order valence-corrected chi connectivity index (χ2v) is 10.3. The van der Waals surface area contributed by atoms with E-state index < -0.39 is 6.04 Å². The molecular weight excluding hydrogens is 469 g/mol. The van der Waals surface area contributed by atoms with Crippen LogP contribution in [-0.2, 0) is 25.7 Å². The van der Waals surface area contributed by atoms with Crippen molar-refractivity contribution in [1.82, 2.24) is 14.7 Å². The van der Waals surface area contributed by atoms with E-state index in [1.165, 1.54) is 22.5 Å². The maximum Gasteiger partial charge on any atom is 0.327 e. The quantitative estimate of drug-likeness (QED) is 0.482. The summed E-state index contributed by atoms with van der Waals surface area (Å²) in [7, 11) is 0. The molecule has 35 heavy (non-hydrogen) atoms. The molecule has 0 bridgehead atoms. The minimum Gasteiger partial charge on any atom is -0.465 e. The summed E-state index contributed by atoms with van der Waals surface area (Å²) in [6.45, 7) is 4.64. The molecule has 1 aromatic heterocycles. The third-order valence-electron chi connectivity index (χ3n) is 6.20. The Morgan fingerprint density at radius 2 is 2.03 bits per heavy atom. The molecule has 1 aliphatic heterocycles. The average Bonchev–Trinajstić information content (AvgIpc) is 3.58. The lowest BCUT2D eigenvalue weighted by Gasteiger charge is -2.38. The van der Waals surface area contributed by atoms with Crippen molar-refractivity contribution in [2.45, 2.75) is 50.9 Å². The third-order valence-corrected chi connectivity index (χ3v) is 7.36. The number of halogens is 1. The zero-order chi connectivity index (χ0) is 24.9. The van der Waals surface area contributed by atoms with Crippen molar-refractivity contribution < 1.29 is 23.5 Å². The zero-order valence-electron chi connectivity index (χ0n) is 20.0. The molecule has 0 radical (unpaired) electrons. The van der Waals surface area contributed by atoms with Crippen LogP contribution in [0.3, 0.4) is 0 Å². The van der Waals surface area contributed by atoms with E-state index in [9.17, 15) is 18.8 Å². The number of aromatic nitrogens is 2. The van der Waals surface area contributed by atoms with Crippen molar-refractivity contribution in [2.24, 2.45) is 5.92 Å². The molecule has 186 valence electrons. The van der Waals surface area contributed by atoms with Crippen LogP contribution in [-0.4, -0.2) is 56.5 Å². The number of thioether (sulfide) groups is 1. The lowest BCUT2D eigenvalue weighted by Crippen LogP contribution is -2.43. The number of esters is 1. The van der Waals surface area contributed by atoms with Crippen LogP contribution in [0.2, 0.25) is 0 Å². The Kier molecular flexibility index (Phi) is 8.18. The first-order chi connectivity index (χ1) is 16.9. The Bertz CT molecular complexity index is 1130. The van der Waals surface area contributed by atoms with Gasteiger partial charge in [-0.2, -0.15) is 5.10 Å². The van der Waals surface area contributed by atoms with Crippen LogP contribution in [0.15, 0.2) is 42.2 Å². The molecule has 7 nitrogen and oxygen atoms in total. The van der Waals surface area contributed by atoms with E-state index in [-0.39, 0.29) is 40.4 Å². The standard InChI is InChI=1S/C26H30FN3O4S/c1-3-34-24(32)16-30-14-18(13-28-30)12-20-15-29(11-10-23(20)35-17(2)31)25(26(33)19-8-9-19)21-6-4-5-7-22(21)27/h4-7,12-14,19,23,25H,3,8-11,15-16H2,1-2H3/b20-12-. The highest BCUT2D eigenvalue weighted by Crippen LogP contribution is 2.40. The zero-order valence-corrected chi connectivity index (χ0v) is 20.8. The van der Waals surface area contributed by atoms with Crippen LogP contribution in [0.4, 0.5) is 4.39 Å². The summed E-state index contributed by atoms with van der Waals surface area (Å²) in [5.74, 6) is -0.695. The number of hydrogen-bond acceptors (Lipinski definition) is 7. The maximum atomic E-state index is 14.8. The van der Waals surface area contributed by atoms with Gasteiger partial charge < -0.3 is 4.74 Å². The fourth-order valence-electron chi connectivity index (χ4n) is 4.49. The summed E-state index contributed by atoms with van der Waals surface area (Å²) in [6, 6.07) is 5.84. The van der Waals surface area contributed by atoms with Crippen LogP contribution >= 0.6 is 11.8 Å². The molecule has 1 aliphatic carbocycles. The normalized spacial score (nSPS) is 20.5. The second-order valence-electron chi connectivity index (χ2n) is 8.95. The number of rotatable bonds is 9. The molecule has 2 aliphatic rings. The molecule has 2 atom stereocenters. The van der Waals surface area contributed by atoms with Gasteiger partial charge in [-0.05, 0) is 37.8 Å². The number of ether oxygens (including phenoxy) is 1. The molecule has 0 amide bonds. The van der Waals surface area contributed by atoms with Crippen molar-refractivity contribution >= 4 is 34.7 Å². The highest BCUT2D eigenvalue weighted by atomic mass is 32.2. The van der Waals surface area contributed by atoms with E-state index in [1.54, 1.807) is 44.4 Å². The molecule has 2 heterocycles. The molecule has 2 fully saturated rings. The number of likely N-dealkylation sites (tertiary alicyclic amines) is 1. The molecule has 2 aromatic rings. The number of nitrogens with zero attached hydrogens (tertiary/aromatic N) is 3. The van der Waals surface area contributed by atoms with Crippen LogP contribution in [0.25, 0.3) is 6.08 Å². The predicted molar refractivity (Wildman–Crippen MR) is 132 cm³/mol. The maximum absolute atomic E-state index is 14.8. The first kappa shape index (κ1) is 25.3. The van der Waals surface area contributed by atoms with Gasteiger partial charge in [0.15, 0.2) is 10.9 Å². The summed E-state index contributed by atoms with van der Waals surface area (Å²) in [6.07, 6.45) is 7.73. The van der Waals surface area contributed by atoms with E-state index in [0.29, 0.717) is 31.7 Å². The van der Waals surface area contributed by atoms with Gasteiger partial charge in [0, 0.05) is 48.5 Å². The van der Waals surface area contributed by atoms with Crippen molar-refractivity contribution in [3.63, 3.8) is 0 Å². The molecule has 0 spiro atoms. The minimum absolute atomic E-state index is 0.0139. The van der Waals surface area contributed by atoms with Gasteiger partial charge in [-0.25, -0.2) is 4.39 Å². The van der Waals surface area contributed by atoms with E-state index >= 15 is 0 Å². The summed E-state index contributed by atoms with van der Waals surface area (Å²) in [5, 5.41) is 4.22. The molecule has 1 saturated carbocycles. The summed E-state index contributed by atoms with van der Waals surface area (Å²) < 4.78 is 21.3. The summed E-state index contributed by atoms with van der Waals surface area (Å²) in [5.41, 5.74) is 2.16. The van der Waals surface area contributed by atoms with Gasteiger partial charge in [0.05, 0.1) is 18.8 Å². The summed E-state index contributed by atoms with van der Waals surface area (Å²) in [4.78, 5) is 39.0. The fraction of sp³-hybridized carbons (Fsp3) is 0.462. The number of Topliss-reactive ketones (excluding diaryl/α,β-unsaturated/α-hetero) is 1. The molecule has 2 unspecified atom stereocenters. The van der Waals surface area contributed by atoms with E-state index in [2.05, 4.69) is 5.10 Å².